The minimum absolute atomic E-state index is 0.0709. The number of carbonyl (C=O) groups is 1. The second-order valence-corrected chi connectivity index (χ2v) is 11.0. The summed E-state index contributed by atoms with van der Waals surface area (Å²) < 4.78 is 5.42. The second-order valence-electron chi connectivity index (χ2n) is 11.0. The number of methoxy groups -OCH3 is 1. The molecule has 2 atom stereocenters. The number of aromatic nitrogens is 2. The molecule has 7 rings (SSSR count). The summed E-state index contributed by atoms with van der Waals surface area (Å²) in [6, 6.07) is 20.7. The number of rotatable bonds is 4. The number of ether oxygens (including phenoxy) is 1. The number of aromatic amines is 1. The highest BCUT2D eigenvalue weighted by Gasteiger charge is 2.65. The van der Waals surface area contributed by atoms with Crippen LogP contribution in [0.4, 0.5) is 5.69 Å². The van der Waals surface area contributed by atoms with Crippen LogP contribution >= 0.6 is 0 Å². The summed E-state index contributed by atoms with van der Waals surface area (Å²) in [5.41, 5.74) is 6.49. The van der Waals surface area contributed by atoms with Gasteiger partial charge in [-0.1, -0.05) is 24.1 Å². The molecule has 39 heavy (non-hydrogen) atoms. The quantitative estimate of drug-likeness (QED) is 0.399. The van der Waals surface area contributed by atoms with E-state index in [1.54, 1.807) is 7.11 Å². The molecule has 0 radical (unpaired) electrons. The molecule has 2 fully saturated rings. The number of fused-ring (bicyclic) bond motifs is 3. The molecule has 7 nitrogen and oxygen atoms in total. The zero-order valence-corrected chi connectivity index (χ0v) is 22.3. The van der Waals surface area contributed by atoms with Crippen molar-refractivity contribution in [3.8, 4) is 17.6 Å². The van der Waals surface area contributed by atoms with Crippen LogP contribution in [0.1, 0.15) is 40.3 Å². The Kier molecular flexibility index (Phi) is 5.69. The minimum atomic E-state index is -0.517. The van der Waals surface area contributed by atoms with Gasteiger partial charge >= 0.3 is 0 Å². The Balaban J connectivity index is 1.08. The summed E-state index contributed by atoms with van der Waals surface area (Å²) in [5.74, 6) is 7.49. The average molecular weight is 518 g/mol. The zero-order valence-electron chi connectivity index (χ0n) is 22.3. The Hall–Kier alpha value is -4.12. The molecule has 1 spiro atoms. The van der Waals surface area contributed by atoms with Crippen molar-refractivity contribution in [1.29, 1.82) is 0 Å². The third-order valence-corrected chi connectivity index (χ3v) is 8.59. The zero-order chi connectivity index (χ0) is 26.6. The molecule has 1 amide bonds. The maximum Gasteiger partial charge on any atom is 0.235 e. The number of nitrogens with zero attached hydrogens (tertiary/aromatic N) is 3. The highest BCUT2D eigenvalue weighted by atomic mass is 16.5. The molecule has 1 aliphatic carbocycles. The summed E-state index contributed by atoms with van der Waals surface area (Å²) in [5, 5.41) is 11.7. The van der Waals surface area contributed by atoms with E-state index < -0.39 is 5.41 Å². The van der Waals surface area contributed by atoms with Crippen molar-refractivity contribution in [3.05, 3.63) is 88.6 Å². The molecule has 0 bridgehead atoms. The van der Waals surface area contributed by atoms with Crippen molar-refractivity contribution in [2.75, 3.05) is 45.7 Å². The maximum atomic E-state index is 13.0. The number of likely N-dealkylation sites (N-methyl/N-ethyl adjacent to an activating group) is 1. The molecule has 3 aliphatic rings. The van der Waals surface area contributed by atoms with Gasteiger partial charge in [-0.15, -0.1) is 0 Å². The van der Waals surface area contributed by atoms with Crippen LogP contribution in [-0.2, 0) is 16.8 Å². The van der Waals surface area contributed by atoms with Gasteiger partial charge in [-0.3, -0.25) is 14.8 Å². The van der Waals surface area contributed by atoms with Crippen molar-refractivity contribution in [3.63, 3.8) is 0 Å². The summed E-state index contributed by atoms with van der Waals surface area (Å²) in [6.45, 7) is 5.47. The lowest BCUT2D eigenvalue weighted by Gasteiger charge is -2.32. The van der Waals surface area contributed by atoms with Gasteiger partial charge in [0.2, 0.25) is 5.91 Å². The Morgan fingerprint density at radius 1 is 1.03 bits per heavy atom. The largest absolute Gasteiger partial charge is 0.497 e. The van der Waals surface area contributed by atoms with Crippen LogP contribution in [0.2, 0.25) is 0 Å². The van der Waals surface area contributed by atoms with E-state index in [4.69, 9.17) is 4.74 Å². The number of hydrogen-bond acceptors (Lipinski definition) is 5. The fourth-order valence-electron chi connectivity index (χ4n) is 6.14. The number of hydrogen-bond donors (Lipinski definition) is 2. The third kappa shape index (κ3) is 4.17. The van der Waals surface area contributed by atoms with Gasteiger partial charge in [0.1, 0.15) is 11.4 Å². The van der Waals surface area contributed by atoms with E-state index in [0.29, 0.717) is 0 Å². The topological polar surface area (TPSA) is 73.5 Å². The van der Waals surface area contributed by atoms with Crippen LogP contribution in [0.3, 0.4) is 0 Å². The lowest BCUT2D eigenvalue weighted by Crippen LogP contribution is -2.43. The predicted molar refractivity (Wildman–Crippen MR) is 152 cm³/mol. The van der Waals surface area contributed by atoms with E-state index in [1.807, 2.05) is 18.2 Å². The van der Waals surface area contributed by atoms with Gasteiger partial charge in [0.25, 0.3) is 0 Å². The average Bonchev–Trinajstić information content (AvgIpc) is 3.50. The summed E-state index contributed by atoms with van der Waals surface area (Å²) in [6.07, 6.45) is 0.788. The summed E-state index contributed by atoms with van der Waals surface area (Å²) >= 11 is 0. The smallest absolute Gasteiger partial charge is 0.235 e. The van der Waals surface area contributed by atoms with E-state index in [-0.39, 0.29) is 11.8 Å². The predicted octanol–water partition coefficient (Wildman–Crippen LogP) is 4.10. The highest BCUT2D eigenvalue weighted by Crippen LogP contribution is 2.65. The first-order chi connectivity index (χ1) is 19.0. The summed E-state index contributed by atoms with van der Waals surface area (Å²) in [4.78, 5) is 17.9. The first-order valence-corrected chi connectivity index (χ1v) is 13.5. The van der Waals surface area contributed by atoms with E-state index in [9.17, 15) is 4.79 Å². The van der Waals surface area contributed by atoms with Gasteiger partial charge in [0, 0.05) is 55.3 Å². The number of carbonyl (C=O) groups excluding carboxylic acids is 1. The lowest BCUT2D eigenvalue weighted by atomic mass is 9.91. The van der Waals surface area contributed by atoms with Gasteiger partial charge in [-0.05, 0) is 78.5 Å². The fraction of sp³-hybridized carbons (Fsp3) is 0.312. The van der Waals surface area contributed by atoms with Gasteiger partial charge in [-0.2, -0.15) is 5.10 Å². The second kappa shape index (κ2) is 9.26. The molecule has 3 heterocycles. The number of benzene rings is 3. The fourth-order valence-corrected chi connectivity index (χ4v) is 6.14. The van der Waals surface area contributed by atoms with Crippen LogP contribution in [0.5, 0.6) is 5.75 Å². The third-order valence-electron chi connectivity index (χ3n) is 8.59. The van der Waals surface area contributed by atoms with Gasteiger partial charge in [0.05, 0.1) is 18.0 Å². The molecule has 4 aromatic rings. The van der Waals surface area contributed by atoms with Crippen LogP contribution in [0.15, 0.2) is 60.7 Å². The number of piperazine rings is 1. The van der Waals surface area contributed by atoms with Crippen molar-refractivity contribution in [2.45, 2.75) is 24.3 Å². The molecule has 1 saturated carbocycles. The Morgan fingerprint density at radius 2 is 1.85 bits per heavy atom. The van der Waals surface area contributed by atoms with E-state index in [1.165, 1.54) is 5.56 Å². The van der Waals surface area contributed by atoms with Crippen molar-refractivity contribution in [1.82, 2.24) is 20.0 Å². The van der Waals surface area contributed by atoms with Gasteiger partial charge in [-0.25, -0.2) is 0 Å². The number of amides is 1. The molecule has 0 unspecified atom stereocenters. The molecule has 2 aliphatic heterocycles. The van der Waals surface area contributed by atoms with Crippen LogP contribution in [-0.4, -0.2) is 66.2 Å². The van der Waals surface area contributed by atoms with E-state index >= 15 is 0 Å². The first-order valence-electron chi connectivity index (χ1n) is 13.5. The molecule has 3 aromatic carbocycles. The molecular weight excluding hydrogens is 486 g/mol. The Bertz CT molecular complexity index is 1640. The number of anilines is 1. The van der Waals surface area contributed by atoms with Crippen LogP contribution in [0.25, 0.3) is 10.9 Å². The van der Waals surface area contributed by atoms with Crippen molar-refractivity contribution in [2.24, 2.45) is 0 Å². The Morgan fingerprint density at radius 3 is 2.64 bits per heavy atom. The molecule has 7 heteroatoms. The SMILES string of the molecule is COc1ccc2c(c1)[C@]1(C[C@H]1c1ccc3c(C#Cc4ccc(CN5CCN(C)CC5)cc4)n[nH]c3c1)C(=O)N2. The highest BCUT2D eigenvalue weighted by molar-refractivity contribution is 6.10. The standard InChI is InChI=1S/C32H31N5O2/c1-36-13-15-37(16-14-36)20-22-5-3-21(4-6-22)7-11-28-25-10-8-23(17-30(25)35-34-28)27-19-32(27)26-18-24(39-2)9-12-29(26)33-31(32)38/h3-6,8-10,12,17-18,27H,13-16,19-20H2,1-2H3,(H,33,38)(H,34,35)/t27-,32-/m0/s1. The van der Waals surface area contributed by atoms with Gasteiger partial charge in [0.15, 0.2) is 0 Å². The van der Waals surface area contributed by atoms with Crippen molar-refractivity contribution >= 4 is 22.5 Å². The van der Waals surface area contributed by atoms with Gasteiger partial charge < -0.3 is 15.0 Å². The van der Waals surface area contributed by atoms with Crippen molar-refractivity contribution < 1.29 is 9.53 Å². The summed E-state index contributed by atoms with van der Waals surface area (Å²) in [7, 11) is 3.84. The van der Waals surface area contributed by atoms with E-state index in [2.05, 4.69) is 86.7 Å². The van der Waals surface area contributed by atoms with Crippen LogP contribution < -0.4 is 10.1 Å². The normalized spacial score (nSPS) is 22.4. The Labute approximate surface area is 228 Å². The monoisotopic (exact) mass is 517 g/mol. The lowest BCUT2D eigenvalue weighted by molar-refractivity contribution is -0.118. The van der Waals surface area contributed by atoms with E-state index in [0.717, 1.165) is 83.9 Å². The number of nitrogens with one attached hydrogen (secondary N) is 2. The molecular formula is C32H31N5O2. The minimum Gasteiger partial charge on any atom is -0.497 e. The first kappa shape index (κ1) is 24.0. The molecule has 1 saturated heterocycles. The number of H-pyrrole nitrogens is 1. The van der Waals surface area contributed by atoms with Crippen LogP contribution in [0, 0.1) is 11.8 Å². The molecule has 2 N–H and O–H groups in total. The maximum absolute atomic E-state index is 13.0. The molecule has 196 valence electrons. The molecule has 1 aromatic heterocycles.